The largest absolute Gasteiger partial charge is 0.480 e. The zero-order valence-electron chi connectivity index (χ0n) is 36.3. The Bertz CT molecular complexity index is 920. The van der Waals surface area contributed by atoms with Gasteiger partial charge in [0.25, 0.3) is 0 Å². The number of rotatable bonds is 43. The number of hydrogen-bond acceptors (Lipinski definition) is 5. The van der Waals surface area contributed by atoms with E-state index >= 15 is 0 Å². The highest BCUT2D eigenvalue weighted by atomic mass is 16.5. The molecule has 0 rings (SSSR count). The molecule has 0 aromatic carbocycles. The molecule has 0 aliphatic heterocycles. The van der Waals surface area contributed by atoms with E-state index in [-0.39, 0.29) is 18.0 Å². The average molecular weight is 775 g/mol. The Hall–Kier alpha value is -2.15. The highest BCUT2D eigenvalue weighted by molar-refractivity contribution is 5.83. The van der Waals surface area contributed by atoms with Gasteiger partial charge in [-0.2, -0.15) is 0 Å². The summed E-state index contributed by atoms with van der Waals surface area (Å²) in [7, 11) is 0. The first-order valence-corrected chi connectivity index (χ1v) is 23.7. The second-order valence-corrected chi connectivity index (χ2v) is 16.2. The van der Waals surface area contributed by atoms with Crippen LogP contribution in [0.5, 0.6) is 0 Å². The molecule has 322 valence electrons. The van der Waals surface area contributed by atoms with Crippen LogP contribution in [0.1, 0.15) is 245 Å². The van der Waals surface area contributed by atoms with Gasteiger partial charge in [-0.25, -0.2) is 4.79 Å². The van der Waals surface area contributed by atoms with Crippen LogP contribution in [0.4, 0.5) is 0 Å². The number of nitrogens with one attached hydrogen (secondary N) is 1. The van der Waals surface area contributed by atoms with Crippen molar-refractivity contribution in [1.29, 1.82) is 0 Å². The molecule has 4 N–H and O–H groups in total. The fourth-order valence-corrected chi connectivity index (χ4v) is 7.15. The summed E-state index contributed by atoms with van der Waals surface area (Å²) in [5.74, 6) is -1.34. The van der Waals surface area contributed by atoms with Crippen LogP contribution in [0.15, 0.2) is 24.3 Å². The number of unbranched alkanes of at least 4 members (excludes halogenated alkanes) is 27. The van der Waals surface area contributed by atoms with E-state index in [1.807, 2.05) is 6.08 Å². The summed E-state index contributed by atoms with van der Waals surface area (Å²) in [5.41, 5.74) is 5.48. The minimum atomic E-state index is -1.02. The van der Waals surface area contributed by atoms with Crippen molar-refractivity contribution in [3.8, 4) is 0 Å². The molecule has 0 radical (unpaired) electrons. The Morgan fingerprint density at radius 2 is 1.00 bits per heavy atom. The standard InChI is InChI=1S/C48H90N2O5/c1-3-5-7-9-11-12-13-14-15-16-17-18-19-20-21-22-23-24-25-26-28-30-36-42-47(52)55-44(38-33-29-27-10-8-6-4-2)39-34-31-32-35-41-46(51)50-45(48(53)54)40-37-43-49/h10,27,33,38,44-45H,3-9,11-26,28-32,34-37,39-43,49H2,1-2H3,(H,50,51)(H,53,54)/b27-10-,38-33-. The number of nitrogens with two attached hydrogens (primary N) is 1. The van der Waals surface area contributed by atoms with Crippen LogP contribution >= 0.6 is 0 Å². The quantitative estimate of drug-likeness (QED) is 0.0322. The molecule has 0 aromatic heterocycles. The van der Waals surface area contributed by atoms with Gasteiger partial charge in [0.15, 0.2) is 0 Å². The number of amides is 1. The summed E-state index contributed by atoms with van der Waals surface area (Å²) in [5, 5.41) is 11.9. The van der Waals surface area contributed by atoms with Crippen LogP contribution in [0.3, 0.4) is 0 Å². The van der Waals surface area contributed by atoms with Crippen molar-refractivity contribution in [2.75, 3.05) is 6.54 Å². The summed E-state index contributed by atoms with van der Waals surface area (Å²) < 4.78 is 5.91. The van der Waals surface area contributed by atoms with Gasteiger partial charge in [0, 0.05) is 12.8 Å². The Balaban J connectivity index is 4.01. The molecule has 1 amide bonds. The first-order chi connectivity index (χ1) is 26.9. The molecule has 0 saturated heterocycles. The third-order valence-corrected chi connectivity index (χ3v) is 10.8. The van der Waals surface area contributed by atoms with Gasteiger partial charge < -0.3 is 20.9 Å². The Labute approximate surface area is 340 Å². The summed E-state index contributed by atoms with van der Waals surface area (Å²) in [6.07, 6.45) is 49.9. The monoisotopic (exact) mass is 775 g/mol. The molecule has 55 heavy (non-hydrogen) atoms. The molecule has 0 spiro atoms. The fourth-order valence-electron chi connectivity index (χ4n) is 7.15. The average Bonchev–Trinajstić information content (AvgIpc) is 3.17. The molecule has 0 fully saturated rings. The predicted molar refractivity (Wildman–Crippen MR) is 234 cm³/mol. The highest BCUT2D eigenvalue weighted by Crippen LogP contribution is 2.17. The van der Waals surface area contributed by atoms with E-state index in [1.54, 1.807) is 0 Å². The van der Waals surface area contributed by atoms with Gasteiger partial charge in [0.1, 0.15) is 12.1 Å². The Kier molecular flexibility index (Phi) is 41.3. The van der Waals surface area contributed by atoms with E-state index in [9.17, 15) is 19.5 Å². The van der Waals surface area contributed by atoms with Crippen LogP contribution < -0.4 is 11.1 Å². The lowest BCUT2D eigenvalue weighted by molar-refractivity contribution is -0.147. The number of ether oxygens (including phenoxy) is 1. The van der Waals surface area contributed by atoms with Crippen molar-refractivity contribution >= 4 is 17.8 Å². The maximum absolute atomic E-state index is 12.7. The maximum Gasteiger partial charge on any atom is 0.326 e. The lowest BCUT2D eigenvalue weighted by Gasteiger charge is -2.15. The minimum absolute atomic E-state index is 0.101. The van der Waals surface area contributed by atoms with Gasteiger partial charge in [-0.05, 0) is 64.0 Å². The zero-order chi connectivity index (χ0) is 40.3. The smallest absolute Gasteiger partial charge is 0.326 e. The van der Waals surface area contributed by atoms with Crippen LogP contribution in [0.25, 0.3) is 0 Å². The molecule has 2 unspecified atom stereocenters. The SMILES string of the molecule is CCCC/C=C\C/C=C\C(CCCCCCC(=O)NC(CCCN)C(=O)O)OC(=O)CCCCCCCCCCCCCCCCCCCCCCCCC. The Morgan fingerprint density at radius 1 is 0.545 bits per heavy atom. The van der Waals surface area contributed by atoms with E-state index in [0.29, 0.717) is 38.6 Å². The summed E-state index contributed by atoms with van der Waals surface area (Å²) in [6, 6.07) is -0.872. The normalized spacial score (nSPS) is 12.8. The van der Waals surface area contributed by atoms with Gasteiger partial charge >= 0.3 is 11.9 Å². The van der Waals surface area contributed by atoms with Gasteiger partial charge in [-0.1, -0.05) is 199 Å². The zero-order valence-corrected chi connectivity index (χ0v) is 36.3. The van der Waals surface area contributed by atoms with Crippen LogP contribution in [0, 0.1) is 0 Å². The second kappa shape index (κ2) is 43.0. The van der Waals surface area contributed by atoms with Crippen LogP contribution in [0.2, 0.25) is 0 Å². The summed E-state index contributed by atoms with van der Waals surface area (Å²) in [4.78, 5) is 36.3. The highest BCUT2D eigenvalue weighted by Gasteiger charge is 2.19. The number of carbonyl (C=O) groups excluding carboxylic acids is 2. The van der Waals surface area contributed by atoms with Crippen molar-refractivity contribution < 1.29 is 24.2 Å². The van der Waals surface area contributed by atoms with Crippen molar-refractivity contribution in [1.82, 2.24) is 5.32 Å². The number of carbonyl (C=O) groups is 3. The molecule has 0 bridgehead atoms. The molecular formula is C48H90N2O5. The molecular weight excluding hydrogens is 685 g/mol. The molecule has 2 atom stereocenters. The van der Waals surface area contributed by atoms with Crippen molar-refractivity contribution in [2.45, 2.75) is 257 Å². The van der Waals surface area contributed by atoms with E-state index in [1.165, 1.54) is 148 Å². The predicted octanol–water partition coefficient (Wildman–Crippen LogP) is 13.6. The summed E-state index contributed by atoms with van der Waals surface area (Å²) >= 11 is 0. The summed E-state index contributed by atoms with van der Waals surface area (Å²) in [6.45, 7) is 4.89. The number of carboxylic acid groups (broad SMARTS) is 1. The van der Waals surface area contributed by atoms with Gasteiger partial charge in [-0.3, -0.25) is 9.59 Å². The molecule has 0 aliphatic rings. The van der Waals surface area contributed by atoms with Crippen LogP contribution in [-0.4, -0.2) is 41.6 Å². The van der Waals surface area contributed by atoms with Crippen molar-refractivity contribution in [3.63, 3.8) is 0 Å². The third-order valence-electron chi connectivity index (χ3n) is 10.8. The maximum atomic E-state index is 12.7. The number of aliphatic carboxylic acids is 1. The molecule has 0 saturated carbocycles. The van der Waals surface area contributed by atoms with Gasteiger partial charge in [0.2, 0.25) is 5.91 Å². The lowest BCUT2D eigenvalue weighted by Crippen LogP contribution is -2.40. The number of carboxylic acids is 1. The molecule has 0 aliphatic carbocycles. The number of esters is 1. The van der Waals surface area contributed by atoms with Crippen LogP contribution in [-0.2, 0) is 19.1 Å². The topological polar surface area (TPSA) is 119 Å². The van der Waals surface area contributed by atoms with E-state index in [0.717, 1.165) is 51.4 Å². The van der Waals surface area contributed by atoms with Crippen molar-refractivity contribution in [3.05, 3.63) is 24.3 Å². The van der Waals surface area contributed by atoms with Gasteiger partial charge in [0.05, 0.1) is 0 Å². The molecule has 0 heterocycles. The van der Waals surface area contributed by atoms with E-state index < -0.39 is 12.0 Å². The lowest BCUT2D eigenvalue weighted by atomic mass is 10.0. The number of hydrogen-bond donors (Lipinski definition) is 3. The Morgan fingerprint density at radius 3 is 1.47 bits per heavy atom. The first kappa shape index (κ1) is 52.9. The van der Waals surface area contributed by atoms with E-state index in [2.05, 4.69) is 37.4 Å². The third kappa shape index (κ3) is 39.9. The minimum Gasteiger partial charge on any atom is -0.480 e. The van der Waals surface area contributed by atoms with Gasteiger partial charge in [-0.15, -0.1) is 0 Å². The number of allylic oxidation sites excluding steroid dienone is 3. The molecule has 7 heteroatoms. The first-order valence-electron chi connectivity index (χ1n) is 23.7. The van der Waals surface area contributed by atoms with Crippen molar-refractivity contribution in [2.24, 2.45) is 5.73 Å². The molecule has 0 aromatic rings. The molecule has 7 nitrogen and oxygen atoms in total. The van der Waals surface area contributed by atoms with E-state index in [4.69, 9.17) is 10.5 Å². The fraction of sp³-hybridized carbons (Fsp3) is 0.854. The second-order valence-electron chi connectivity index (χ2n) is 16.2.